The average molecular weight is 397 g/mol. The van der Waals surface area contributed by atoms with Crippen molar-refractivity contribution in [3.63, 3.8) is 0 Å². The van der Waals surface area contributed by atoms with Gasteiger partial charge in [0.15, 0.2) is 5.96 Å². The molecular weight excluding hydrogens is 369 g/mol. The summed E-state index contributed by atoms with van der Waals surface area (Å²) in [5.74, 6) is 0.895. The zero-order valence-corrected chi connectivity index (χ0v) is 14.9. The molecule has 0 bridgehead atoms. The zero-order chi connectivity index (χ0) is 14.1. The minimum absolute atomic E-state index is 0. The van der Waals surface area contributed by atoms with Crippen LogP contribution in [0.1, 0.15) is 19.8 Å². The molecule has 0 amide bonds. The Morgan fingerprint density at radius 2 is 2.25 bits per heavy atom. The average Bonchev–Trinajstić information content (AvgIpc) is 2.36. The van der Waals surface area contributed by atoms with Crippen molar-refractivity contribution in [3.8, 4) is 0 Å². The molecule has 1 aliphatic heterocycles. The number of halogens is 1. The molecule has 0 unspecified atom stereocenters. The predicted octanol–water partition coefficient (Wildman–Crippen LogP) is 1.48. The van der Waals surface area contributed by atoms with Gasteiger partial charge in [0.05, 0.1) is 31.8 Å². The quantitative estimate of drug-likeness (QED) is 0.214. The molecule has 1 fully saturated rings. The monoisotopic (exact) mass is 397 g/mol. The Bertz CT molecular complexity index is 301. The van der Waals surface area contributed by atoms with Crippen molar-refractivity contribution in [2.75, 3.05) is 46.5 Å². The van der Waals surface area contributed by atoms with Crippen molar-refractivity contribution in [2.24, 2.45) is 10.4 Å². The molecule has 0 aromatic carbocycles. The van der Waals surface area contributed by atoms with E-state index in [1.807, 2.05) is 13.1 Å². The van der Waals surface area contributed by atoms with Crippen LogP contribution in [0.15, 0.2) is 17.6 Å². The Balaban J connectivity index is 0.00000361. The number of allylic oxidation sites excluding steroid dienone is 1. The summed E-state index contributed by atoms with van der Waals surface area (Å²) in [6, 6.07) is 0. The van der Waals surface area contributed by atoms with Crippen molar-refractivity contribution in [2.45, 2.75) is 19.8 Å². The van der Waals surface area contributed by atoms with Gasteiger partial charge in [-0.2, -0.15) is 0 Å². The number of hydrogen-bond donors (Lipinski definition) is 2. The lowest BCUT2D eigenvalue weighted by Gasteiger charge is -2.38. The van der Waals surface area contributed by atoms with Crippen LogP contribution >= 0.6 is 24.0 Å². The highest BCUT2D eigenvalue weighted by molar-refractivity contribution is 14.0. The number of nitrogens with zero attached hydrogens (tertiary/aromatic N) is 2. The molecule has 2 N–H and O–H groups in total. The van der Waals surface area contributed by atoms with Gasteiger partial charge in [-0.25, -0.2) is 0 Å². The molecule has 5 nitrogen and oxygen atoms in total. The Labute approximate surface area is 139 Å². The minimum Gasteiger partial charge on any atom is -0.396 e. The SMILES string of the molecule is C=CCCCN(C)C(=NCC1(CO)COC1)NCC.I. The molecule has 0 aromatic rings. The second-order valence-electron chi connectivity index (χ2n) is 5.17. The van der Waals surface area contributed by atoms with Crippen molar-refractivity contribution < 1.29 is 9.84 Å². The summed E-state index contributed by atoms with van der Waals surface area (Å²) in [5, 5.41) is 12.7. The van der Waals surface area contributed by atoms with Crippen LogP contribution in [0.5, 0.6) is 0 Å². The van der Waals surface area contributed by atoms with Crippen LogP contribution in [-0.2, 0) is 4.74 Å². The number of ether oxygens (including phenoxy) is 1. The van der Waals surface area contributed by atoms with Gasteiger partial charge in [0.25, 0.3) is 0 Å². The van der Waals surface area contributed by atoms with Crippen LogP contribution in [0, 0.1) is 5.41 Å². The van der Waals surface area contributed by atoms with Gasteiger partial charge in [-0.05, 0) is 19.8 Å². The van der Waals surface area contributed by atoms with Gasteiger partial charge in [0.1, 0.15) is 0 Å². The number of nitrogens with one attached hydrogen (secondary N) is 1. The molecule has 0 radical (unpaired) electrons. The highest BCUT2D eigenvalue weighted by Crippen LogP contribution is 2.26. The van der Waals surface area contributed by atoms with Crippen molar-refractivity contribution >= 4 is 29.9 Å². The smallest absolute Gasteiger partial charge is 0.193 e. The normalized spacial score (nSPS) is 16.9. The maximum atomic E-state index is 9.40. The molecular formula is C14H28IN3O2. The van der Waals surface area contributed by atoms with E-state index < -0.39 is 0 Å². The first-order valence-electron chi connectivity index (χ1n) is 6.96. The Hall–Kier alpha value is -0.340. The van der Waals surface area contributed by atoms with E-state index in [1.165, 1.54) is 0 Å². The summed E-state index contributed by atoms with van der Waals surface area (Å²) >= 11 is 0. The molecule has 20 heavy (non-hydrogen) atoms. The molecule has 0 aliphatic carbocycles. The number of aliphatic hydroxyl groups excluding tert-OH is 1. The van der Waals surface area contributed by atoms with E-state index in [0.29, 0.717) is 19.8 Å². The molecule has 1 saturated heterocycles. The van der Waals surface area contributed by atoms with E-state index >= 15 is 0 Å². The zero-order valence-electron chi connectivity index (χ0n) is 12.6. The lowest BCUT2D eigenvalue weighted by atomic mass is 9.87. The third-order valence-corrected chi connectivity index (χ3v) is 3.31. The Kier molecular flexibility index (Phi) is 10.2. The molecule has 6 heteroatoms. The largest absolute Gasteiger partial charge is 0.396 e. The van der Waals surface area contributed by atoms with Crippen LogP contribution < -0.4 is 5.32 Å². The molecule has 0 spiro atoms. The number of aliphatic imine (C=N–C) groups is 1. The lowest BCUT2D eigenvalue weighted by molar-refractivity contribution is -0.130. The van der Waals surface area contributed by atoms with Crippen molar-refractivity contribution in [3.05, 3.63) is 12.7 Å². The summed E-state index contributed by atoms with van der Waals surface area (Å²) in [4.78, 5) is 6.75. The summed E-state index contributed by atoms with van der Waals surface area (Å²) in [7, 11) is 2.04. The summed E-state index contributed by atoms with van der Waals surface area (Å²) < 4.78 is 5.19. The summed E-state index contributed by atoms with van der Waals surface area (Å²) in [5.41, 5.74) is -0.164. The van der Waals surface area contributed by atoms with Crippen LogP contribution in [0.4, 0.5) is 0 Å². The second kappa shape index (κ2) is 10.4. The first-order valence-corrected chi connectivity index (χ1v) is 6.96. The van der Waals surface area contributed by atoms with Crippen molar-refractivity contribution in [1.82, 2.24) is 10.2 Å². The van der Waals surface area contributed by atoms with E-state index in [-0.39, 0.29) is 36.0 Å². The summed E-state index contributed by atoms with van der Waals surface area (Å²) in [6.45, 7) is 9.52. The third kappa shape index (κ3) is 5.97. The first-order chi connectivity index (χ1) is 9.17. The van der Waals surface area contributed by atoms with Crippen LogP contribution in [0.3, 0.4) is 0 Å². The van der Waals surface area contributed by atoms with Crippen LogP contribution in [0.25, 0.3) is 0 Å². The highest BCUT2D eigenvalue weighted by Gasteiger charge is 2.38. The fourth-order valence-electron chi connectivity index (χ4n) is 1.91. The molecule has 0 saturated carbocycles. The third-order valence-electron chi connectivity index (χ3n) is 3.31. The van der Waals surface area contributed by atoms with Gasteiger partial charge in [-0.3, -0.25) is 4.99 Å². The second-order valence-corrected chi connectivity index (χ2v) is 5.17. The molecule has 1 heterocycles. The van der Waals surface area contributed by atoms with E-state index in [4.69, 9.17) is 4.74 Å². The predicted molar refractivity (Wildman–Crippen MR) is 93.8 cm³/mol. The number of unbranched alkanes of at least 4 members (excludes halogenated alkanes) is 1. The van der Waals surface area contributed by atoms with Crippen molar-refractivity contribution in [1.29, 1.82) is 0 Å². The topological polar surface area (TPSA) is 57.1 Å². The fraction of sp³-hybridized carbons (Fsp3) is 0.786. The summed E-state index contributed by atoms with van der Waals surface area (Å²) in [6.07, 6.45) is 4.02. The van der Waals surface area contributed by atoms with Gasteiger partial charge in [0.2, 0.25) is 0 Å². The highest BCUT2D eigenvalue weighted by atomic mass is 127. The number of hydrogen-bond acceptors (Lipinski definition) is 3. The van der Waals surface area contributed by atoms with Gasteiger partial charge >= 0.3 is 0 Å². The lowest BCUT2D eigenvalue weighted by Crippen LogP contribution is -2.49. The van der Waals surface area contributed by atoms with Gasteiger partial charge in [-0.15, -0.1) is 30.6 Å². The van der Waals surface area contributed by atoms with E-state index in [1.54, 1.807) is 0 Å². The number of rotatable bonds is 8. The fourth-order valence-corrected chi connectivity index (χ4v) is 1.91. The van der Waals surface area contributed by atoms with E-state index in [9.17, 15) is 5.11 Å². The van der Waals surface area contributed by atoms with Gasteiger partial charge in [0, 0.05) is 20.1 Å². The number of guanidine groups is 1. The standard InChI is InChI=1S/C14H27N3O2.HI/c1-4-6-7-8-17(3)13(15-5-2)16-9-14(10-18)11-19-12-14;/h4,18H,1,5-12H2,2-3H3,(H,15,16);1H. The Morgan fingerprint density at radius 1 is 1.55 bits per heavy atom. The van der Waals surface area contributed by atoms with Gasteiger partial charge in [-0.1, -0.05) is 6.08 Å². The van der Waals surface area contributed by atoms with E-state index in [2.05, 4.69) is 28.7 Å². The molecule has 1 aliphatic rings. The van der Waals surface area contributed by atoms with E-state index in [0.717, 1.165) is 31.9 Å². The molecule has 0 atom stereocenters. The minimum atomic E-state index is -0.164. The molecule has 0 aromatic heterocycles. The Morgan fingerprint density at radius 3 is 2.70 bits per heavy atom. The molecule has 1 rings (SSSR count). The number of aliphatic hydroxyl groups is 1. The van der Waals surface area contributed by atoms with Gasteiger partial charge < -0.3 is 20.1 Å². The maximum absolute atomic E-state index is 9.40. The van der Waals surface area contributed by atoms with Crippen LogP contribution in [0.2, 0.25) is 0 Å². The first kappa shape index (κ1) is 19.7. The molecule has 118 valence electrons. The van der Waals surface area contributed by atoms with Crippen LogP contribution in [-0.4, -0.2) is 62.5 Å². The maximum Gasteiger partial charge on any atom is 0.193 e.